The van der Waals surface area contributed by atoms with Gasteiger partial charge in [0, 0.05) is 12.8 Å². The molecule has 0 unspecified atom stereocenters. The third kappa shape index (κ3) is 5.77. The molecule has 1 fully saturated rings. The van der Waals surface area contributed by atoms with E-state index in [-0.39, 0.29) is 0 Å². The number of rotatable bonds is 7. The van der Waals surface area contributed by atoms with Crippen LogP contribution < -0.4 is 10.6 Å². The van der Waals surface area contributed by atoms with Gasteiger partial charge in [-0.3, -0.25) is 0 Å². The van der Waals surface area contributed by atoms with E-state index in [0.717, 1.165) is 24.6 Å². The predicted molar refractivity (Wildman–Crippen MR) is 86.1 cm³/mol. The van der Waals surface area contributed by atoms with Crippen molar-refractivity contribution in [2.75, 3.05) is 25.9 Å². The maximum atomic E-state index is 11.4. The number of benzene rings is 1. The van der Waals surface area contributed by atoms with Gasteiger partial charge in [-0.15, -0.1) is 0 Å². The molecule has 1 aliphatic rings. The molecule has 0 radical (unpaired) electrons. The van der Waals surface area contributed by atoms with Gasteiger partial charge in [0.05, 0.1) is 4.90 Å². The van der Waals surface area contributed by atoms with E-state index < -0.39 is 9.84 Å². The molecule has 0 aliphatic carbocycles. The Balaban J connectivity index is 1.64. The van der Waals surface area contributed by atoms with Gasteiger partial charge in [-0.25, -0.2) is 8.42 Å². The van der Waals surface area contributed by atoms with Crippen molar-refractivity contribution in [3.63, 3.8) is 0 Å². The summed E-state index contributed by atoms with van der Waals surface area (Å²) in [6.07, 6.45) is 6.38. The lowest BCUT2D eigenvalue weighted by atomic mass is 9.93. The molecule has 1 aliphatic heterocycles. The van der Waals surface area contributed by atoms with E-state index >= 15 is 0 Å². The van der Waals surface area contributed by atoms with Crippen molar-refractivity contribution in [3.05, 3.63) is 29.8 Å². The Bertz CT molecular complexity index is 520. The van der Waals surface area contributed by atoms with Crippen LogP contribution in [0.5, 0.6) is 0 Å². The van der Waals surface area contributed by atoms with Crippen LogP contribution in [0.1, 0.15) is 31.2 Å². The zero-order valence-electron chi connectivity index (χ0n) is 12.8. The summed E-state index contributed by atoms with van der Waals surface area (Å²) in [7, 11) is -3.09. The third-order valence-corrected chi connectivity index (χ3v) is 5.23. The molecule has 118 valence electrons. The quantitative estimate of drug-likeness (QED) is 0.756. The second-order valence-electron chi connectivity index (χ2n) is 5.93. The van der Waals surface area contributed by atoms with E-state index in [0.29, 0.717) is 4.90 Å². The molecular formula is C16H26N2O2S. The summed E-state index contributed by atoms with van der Waals surface area (Å²) in [5, 5.41) is 6.83. The predicted octanol–water partition coefficient (Wildman–Crippen LogP) is 1.96. The molecule has 21 heavy (non-hydrogen) atoms. The zero-order chi connectivity index (χ0) is 15.1. The molecule has 0 bridgehead atoms. The van der Waals surface area contributed by atoms with Gasteiger partial charge in [0.25, 0.3) is 0 Å². The SMILES string of the molecule is CS(=O)(=O)c1ccc(CNCCCC2CCNCC2)cc1. The lowest BCUT2D eigenvalue weighted by Crippen LogP contribution is -2.28. The van der Waals surface area contributed by atoms with E-state index in [1.165, 1.54) is 45.0 Å². The van der Waals surface area contributed by atoms with Crippen molar-refractivity contribution in [2.24, 2.45) is 5.92 Å². The van der Waals surface area contributed by atoms with Crippen LogP contribution in [-0.4, -0.2) is 34.3 Å². The van der Waals surface area contributed by atoms with Gasteiger partial charge in [0.1, 0.15) is 0 Å². The Morgan fingerprint density at radius 1 is 1.19 bits per heavy atom. The molecular weight excluding hydrogens is 284 g/mol. The minimum absolute atomic E-state index is 0.386. The maximum absolute atomic E-state index is 11.4. The molecule has 5 heteroatoms. The largest absolute Gasteiger partial charge is 0.317 e. The summed E-state index contributed by atoms with van der Waals surface area (Å²) in [6.45, 7) is 4.17. The first kappa shape index (κ1) is 16.5. The van der Waals surface area contributed by atoms with Crippen LogP contribution in [0.4, 0.5) is 0 Å². The summed E-state index contributed by atoms with van der Waals surface area (Å²) >= 11 is 0. The topological polar surface area (TPSA) is 58.2 Å². The number of hydrogen-bond donors (Lipinski definition) is 2. The smallest absolute Gasteiger partial charge is 0.175 e. The zero-order valence-corrected chi connectivity index (χ0v) is 13.6. The first-order valence-corrected chi connectivity index (χ1v) is 9.65. The molecule has 0 atom stereocenters. The summed E-state index contributed by atoms with van der Waals surface area (Å²) in [4.78, 5) is 0.386. The fourth-order valence-electron chi connectivity index (χ4n) is 2.77. The Morgan fingerprint density at radius 2 is 1.86 bits per heavy atom. The number of piperidine rings is 1. The molecule has 0 saturated carbocycles. The molecule has 4 nitrogen and oxygen atoms in total. The van der Waals surface area contributed by atoms with Crippen molar-refractivity contribution >= 4 is 9.84 Å². The lowest BCUT2D eigenvalue weighted by Gasteiger charge is -2.22. The van der Waals surface area contributed by atoms with Crippen LogP contribution >= 0.6 is 0 Å². The van der Waals surface area contributed by atoms with Crippen molar-refractivity contribution in [1.29, 1.82) is 0 Å². The second-order valence-corrected chi connectivity index (χ2v) is 7.94. The van der Waals surface area contributed by atoms with Gasteiger partial charge < -0.3 is 10.6 Å². The van der Waals surface area contributed by atoms with Gasteiger partial charge in [0.15, 0.2) is 9.84 Å². The molecule has 2 rings (SSSR count). The van der Waals surface area contributed by atoms with E-state index in [4.69, 9.17) is 0 Å². The van der Waals surface area contributed by atoms with Crippen molar-refractivity contribution in [3.8, 4) is 0 Å². The highest BCUT2D eigenvalue weighted by Gasteiger charge is 2.11. The van der Waals surface area contributed by atoms with E-state index in [1.54, 1.807) is 12.1 Å². The number of sulfone groups is 1. The molecule has 0 amide bonds. The molecule has 1 heterocycles. The van der Waals surface area contributed by atoms with Crippen molar-refractivity contribution in [1.82, 2.24) is 10.6 Å². The standard InChI is InChI=1S/C16H26N2O2S/c1-21(19,20)16-6-4-15(5-7-16)13-18-10-2-3-14-8-11-17-12-9-14/h4-7,14,17-18H,2-3,8-13H2,1H3. The minimum atomic E-state index is -3.09. The van der Waals surface area contributed by atoms with Crippen molar-refractivity contribution in [2.45, 2.75) is 37.1 Å². The molecule has 1 saturated heterocycles. The van der Waals surface area contributed by atoms with Crippen LogP contribution in [0, 0.1) is 5.92 Å². The van der Waals surface area contributed by atoms with E-state index in [2.05, 4.69) is 10.6 Å². The normalized spacial score (nSPS) is 17.0. The Morgan fingerprint density at radius 3 is 2.48 bits per heavy atom. The van der Waals surface area contributed by atoms with Gasteiger partial charge >= 0.3 is 0 Å². The van der Waals surface area contributed by atoms with Crippen molar-refractivity contribution < 1.29 is 8.42 Å². The molecule has 0 aromatic heterocycles. The Kier molecular flexibility index (Phi) is 6.21. The first-order chi connectivity index (χ1) is 10.1. The summed E-state index contributed by atoms with van der Waals surface area (Å²) in [5.41, 5.74) is 1.13. The average Bonchev–Trinajstić information content (AvgIpc) is 2.47. The van der Waals surface area contributed by atoms with Gasteiger partial charge in [-0.05, 0) is 68.9 Å². The third-order valence-electron chi connectivity index (χ3n) is 4.11. The average molecular weight is 310 g/mol. The summed E-state index contributed by atoms with van der Waals surface area (Å²) < 4.78 is 22.7. The van der Waals surface area contributed by atoms with Crippen LogP contribution in [-0.2, 0) is 16.4 Å². The van der Waals surface area contributed by atoms with Gasteiger partial charge in [-0.2, -0.15) is 0 Å². The van der Waals surface area contributed by atoms with Gasteiger partial charge in [0.2, 0.25) is 0 Å². The van der Waals surface area contributed by atoms with Crippen LogP contribution in [0.15, 0.2) is 29.2 Å². The first-order valence-electron chi connectivity index (χ1n) is 7.76. The van der Waals surface area contributed by atoms with E-state index in [9.17, 15) is 8.42 Å². The fourth-order valence-corrected chi connectivity index (χ4v) is 3.40. The molecule has 1 aromatic carbocycles. The van der Waals surface area contributed by atoms with Crippen LogP contribution in [0.3, 0.4) is 0 Å². The lowest BCUT2D eigenvalue weighted by molar-refractivity contribution is 0.344. The summed E-state index contributed by atoms with van der Waals surface area (Å²) in [5.74, 6) is 0.891. The van der Waals surface area contributed by atoms with Crippen LogP contribution in [0.2, 0.25) is 0 Å². The minimum Gasteiger partial charge on any atom is -0.317 e. The highest BCUT2D eigenvalue weighted by Crippen LogP contribution is 2.17. The van der Waals surface area contributed by atoms with E-state index in [1.807, 2.05) is 12.1 Å². The summed E-state index contributed by atoms with van der Waals surface area (Å²) in [6, 6.07) is 7.13. The Hall–Kier alpha value is -0.910. The fraction of sp³-hybridized carbons (Fsp3) is 0.625. The molecule has 0 spiro atoms. The Labute approximate surface area is 128 Å². The van der Waals surface area contributed by atoms with Gasteiger partial charge in [-0.1, -0.05) is 12.1 Å². The monoisotopic (exact) mass is 310 g/mol. The highest BCUT2D eigenvalue weighted by atomic mass is 32.2. The molecule has 2 N–H and O–H groups in total. The highest BCUT2D eigenvalue weighted by molar-refractivity contribution is 7.90. The van der Waals surface area contributed by atoms with Crippen LogP contribution in [0.25, 0.3) is 0 Å². The number of hydrogen-bond acceptors (Lipinski definition) is 4. The maximum Gasteiger partial charge on any atom is 0.175 e. The second kappa shape index (κ2) is 7.92. The number of nitrogens with one attached hydrogen (secondary N) is 2. The molecule has 1 aromatic rings.